The molecule has 4 N–H and O–H groups in total. The highest BCUT2D eigenvalue weighted by atomic mass is 16.5. The number of aliphatic hydroxyl groups is 4. The molecule has 1 saturated heterocycles. The number of carboxylic acids is 2. The molecule has 0 unspecified atom stereocenters. The number of hydrogen-bond acceptors (Lipinski definition) is 11. The molecule has 39 heavy (non-hydrogen) atoms. The van der Waals surface area contributed by atoms with E-state index < -0.39 is 48.7 Å². The van der Waals surface area contributed by atoms with Crippen LogP contribution in [-0.2, 0) is 23.9 Å². The average molecular weight is 563 g/mol. The third-order valence-corrected chi connectivity index (χ3v) is 5.40. The van der Waals surface area contributed by atoms with Crippen molar-refractivity contribution in [1.29, 1.82) is 0 Å². The summed E-state index contributed by atoms with van der Waals surface area (Å²) in [6, 6.07) is 0. The van der Waals surface area contributed by atoms with Gasteiger partial charge in [-0.25, -0.2) is 0 Å². The summed E-state index contributed by atoms with van der Waals surface area (Å²) in [7, 11) is 0. The summed E-state index contributed by atoms with van der Waals surface area (Å²) in [5, 5.41) is 57.5. The zero-order valence-corrected chi connectivity index (χ0v) is 24.6. The first-order valence-corrected chi connectivity index (χ1v) is 13.6. The second kappa shape index (κ2) is 19.9. The molecule has 0 aromatic carbocycles. The van der Waals surface area contributed by atoms with Crippen molar-refractivity contribution in [1.82, 2.24) is 0 Å². The molecule has 0 saturated carbocycles. The Hall–Kier alpha value is -2.08. The fourth-order valence-corrected chi connectivity index (χ4v) is 4.09. The van der Waals surface area contributed by atoms with Crippen LogP contribution < -0.4 is 10.2 Å². The van der Waals surface area contributed by atoms with E-state index >= 15 is 0 Å². The number of aliphatic hydroxyl groups excluding tert-OH is 3. The lowest BCUT2D eigenvalue weighted by Gasteiger charge is -2.26. The first kappa shape index (κ1) is 39.1. The minimum Gasteiger partial charge on any atom is -0.550 e. The molecule has 0 aliphatic carbocycles. The summed E-state index contributed by atoms with van der Waals surface area (Å²) in [6.07, 6.45) is -0.573. The summed E-state index contributed by atoms with van der Waals surface area (Å²) in [5.41, 5.74) is -1.48. The van der Waals surface area contributed by atoms with Gasteiger partial charge in [0.2, 0.25) is 0 Å². The second-order valence-corrected chi connectivity index (χ2v) is 11.9. The number of carbonyl (C=O) groups excluding carboxylic acids is 4. The average Bonchev–Trinajstić information content (AvgIpc) is 2.63. The number of ether oxygens (including phenoxy) is 1. The monoisotopic (exact) mass is 562 g/mol. The summed E-state index contributed by atoms with van der Waals surface area (Å²) < 4.78 is 5.07. The Morgan fingerprint density at radius 1 is 0.897 bits per heavy atom. The predicted molar refractivity (Wildman–Crippen MR) is 140 cm³/mol. The van der Waals surface area contributed by atoms with Crippen molar-refractivity contribution >= 4 is 23.7 Å². The normalized spacial score (nSPS) is 20.1. The van der Waals surface area contributed by atoms with E-state index in [0.29, 0.717) is 31.1 Å². The Balaban J connectivity index is 0. The fourth-order valence-electron chi connectivity index (χ4n) is 4.09. The quantitative estimate of drug-likeness (QED) is 0.211. The maximum Gasteiger partial charge on any atom is 0.308 e. The van der Waals surface area contributed by atoms with Crippen LogP contribution in [0.15, 0.2) is 0 Å². The van der Waals surface area contributed by atoms with E-state index in [-0.39, 0.29) is 43.0 Å². The Morgan fingerprint density at radius 3 is 1.87 bits per heavy atom. The molecule has 1 aliphatic heterocycles. The zero-order valence-electron chi connectivity index (χ0n) is 24.6. The number of aliphatic carboxylic acids is 2. The van der Waals surface area contributed by atoms with Crippen molar-refractivity contribution < 1.29 is 54.6 Å². The SMILES string of the molecule is CC(C)CC(=O)C[C@@](C)(O)CC(=O)[O-].CC(C)C[C@@H](O)C[C@@H](O)CC(=O)[O-].CC(C)C[C@@H]1C[C@@H](O)CC(=O)O1. The van der Waals surface area contributed by atoms with Gasteiger partial charge in [0.25, 0.3) is 0 Å². The van der Waals surface area contributed by atoms with Crippen LogP contribution in [0.3, 0.4) is 0 Å². The van der Waals surface area contributed by atoms with E-state index in [2.05, 4.69) is 13.8 Å². The van der Waals surface area contributed by atoms with Crippen LogP contribution in [0, 0.1) is 17.8 Å². The summed E-state index contributed by atoms with van der Waals surface area (Å²) >= 11 is 0. The lowest BCUT2D eigenvalue weighted by Crippen LogP contribution is -2.37. The zero-order chi connectivity index (χ0) is 30.9. The highest BCUT2D eigenvalue weighted by Gasteiger charge is 2.27. The number of hydrogen-bond donors (Lipinski definition) is 4. The van der Waals surface area contributed by atoms with Gasteiger partial charge in [0.05, 0.1) is 30.3 Å². The van der Waals surface area contributed by atoms with Gasteiger partial charge < -0.3 is 45.0 Å². The van der Waals surface area contributed by atoms with E-state index in [0.717, 1.165) is 6.42 Å². The molecule has 11 nitrogen and oxygen atoms in total. The van der Waals surface area contributed by atoms with E-state index in [1.807, 2.05) is 27.7 Å². The molecular formula is C28H50O11-2. The third kappa shape index (κ3) is 25.9. The fraction of sp³-hybridized carbons (Fsp3) is 0.857. The number of carboxylic acid groups (broad SMARTS) is 2. The van der Waals surface area contributed by atoms with Gasteiger partial charge in [-0.3, -0.25) is 9.59 Å². The first-order valence-electron chi connectivity index (χ1n) is 13.6. The number of esters is 1. The first-order chi connectivity index (χ1) is 17.7. The highest BCUT2D eigenvalue weighted by molar-refractivity contribution is 5.80. The molecular weight excluding hydrogens is 512 g/mol. The van der Waals surface area contributed by atoms with E-state index in [1.165, 1.54) is 6.92 Å². The molecule has 0 spiro atoms. The Bertz CT molecular complexity index is 729. The van der Waals surface area contributed by atoms with Crippen molar-refractivity contribution in [3.05, 3.63) is 0 Å². The lowest BCUT2D eigenvalue weighted by atomic mass is 9.92. The topological polar surface area (TPSA) is 205 Å². The molecule has 5 atom stereocenters. The smallest absolute Gasteiger partial charge is 0.308 e. The summed E-state index contributed by atoms with van der Waals surface area (Å²) in [4.78, 5) is 42.5. The number of cyclic esters (lactones) is 1. The Labute approximate surface area is 232 Å². The van der Waals surface area contributed by atoms with Crippen LogP contribution >= 0.6 is 0 Å². The predicted octanol–water partition coefficient (Wildman–Crippen LogP) is 0.266. The van der Waals surface area contributed by atoms with Crippen molar-refractivity contribution in [3.63, 3.8) is 0 Å². The van der Waals surface area contributed by atoms with Crippen molar-refractivity contribution in [2.24, 2.45) is 17.8 Å². The molecule has 0 bridgehead atoms. The van der Waals surface area contributed by atoms with Gasteiger partial charge in [-0.2, -0.15) is 0 Å². The van der Waals surface area contributed by atoms with E-state index in [1.54, 1.807) is 0 Å². The van der Waals surface area contributed by atoms with Crippen LogP contribution in [-0.4, -0.2) is 74.1 Å². The third-order valence-electron chi connectivity index (χ3n) is 5.40. The van der Waals surface area contributed by atoms with Crippen LogP contribution in [0.25, 0.3) is 0 Å². The van der Waals surface area contributed by atoms with Crippen LogP contribution in [0.5, 0.6) is 0 Å². The summed E-state index contributed by atoms with van der Waals surface area (Å²) in [5.74, 6) is -1.94. The Morgan fingerprint density at radius 2 is 1.46 bits per heavy atom. The standard InChI is InChI=1S/C10H18O4.C9H18O4.C9H16O3/c1-7(2)4-8(11)5-10(3,14)6-9(12)13;1-6(2)3-7(10)4-8(11)5-9(12)13;1-6(2)3-8-4-7(10)5-9(11)12-8/h7,14H,4-6H2,1-3H3,(H,12,13);6-8,10-11H,3-5H2,1-2H3,(H,12,13);6-8,10H,3-5H2,1-2H3/p-2/t10-;2*7-,8-/m111/s1. The van der Waals surface area contributed by atoms with Crippen LogP contribution in [0.4, 0.5) is 0 Å². The van der Waals surface area contributed by atoms with Crippen molar-refractivity contribution in [3.8, 4) is 0 Å². The number of Topliss-reactive ketones (excluding diaryl/α,β-unsaturated/α-hetero) is 1. The van der Waals surface area contributed by atoms with Gasteiger partial charge >= 0.3 is 5.97 Å². The van der Waals surface area contributed by atoms with Gasteiger partial charge in [-0.05, 0) is 43.9 Å². The lowest BCUT2D eigenvalue weighted by molar-refractivity contribution is -0.309. The van der Waals surface area contributed by atoms with Gasteiger partial charge in [-0.15, -0.1) is 0 Å². The van der Waals surface area contributed by atoms with Crippen LogP contribution in [0.2, 0.25) is 0 Å². The summed E-state index contributed by atoms with van der Waals surface area (Å²) in [6.45, 7) is 13.2. The largest absolute Gasteiger partial charge is 0.550 e. The second-order valence-electron chi connectivity index (χ2n) is 11.9. The maximum absolute atomic E-state index is 11.3. The number of carbonyl (C=O) groups is 4. The van der Waals surface area contributed by atoms with E-state index in [9.17, 15) is 44.7 Å². The van der Waals surface area contributed by atoms with Gasteiger partial charge in [0.1, 0.15) is 11.9 Å². The number of ketones is 1. The molecule has 11 heteroatoms. The molecule has 1 rings (SSSR count). The molecule has 1 fully saturated rings. The maximum atomic E-state index is 11.3. The van der Waals surface area contributed by atoms with Gasteiger partial charge in [0.15, 0.2) is 0 Å². The molecule has 0 radical (unpaired) electrons. The molecule has 0 amide bonds. The molecule has 1 heterocycles. The molecule has 0 aromatic rings. The number of rotatable bonds is 14. The van der Waals surface area contributed by atoms with Crippen molar-refractivity contribution in [2.75, 3.05) is 0 Å². The Kier molecular flexibility index (Phi) is 19.9. The molecule has 230 valence electrons. The van der Waals surface area contributed by atoms with Crippen LogP contribution in [0.1, 0.15) is 106 Å². The van der Waals surface area contributed by atoms with Gasteiger partial charge in [-0.1, -0.05) is 41.5 Å². The minimum atomic E-state index is -1.48. The molecule has 1 aliphatic rings. The van der Waals surface area contributed by atoms with Gasteiger partial charge in [0, 0.05) is 44.0 Å². The minimum absolute atomic E-state index is 0.0683. The van der Waals surface area contributed by atoms with Crippen molar-refractivity contribution in [2.45, 2.75) is 136 Å². The highest BCUT2D eigenvalue weighted by Crippen LogP contribution is 2.20. The molecule has 0 aromatic heterocycles. The van der Waals surface area contributed by atoms with E-state index in [4.69, 9.17) is 9.84 Å².